The molecule has 0 spiro atoms. The number of para-hydroxylation sites is 1. The topological polar surface area (TPSA) is 62.1 Å². The van der Waals surface area contributed by atoms with Crippen LogP contribution < -0.4 is 5.84 Å². The van der Waals surface area contributed by atoms with Crippen molar-refractivity contribution >= 4 is 16.8 Å². The predicted octanol–water partition coefficient (Wildman–Crippen LogP) is 1.43. The number of aryl methyl sites for hydroxylation is 1. The van der Waals surface area contributed by atoms with Crippen LogP contribution in [0.5, 0.6) is 0 Å². The molecule has 2 rings (SSSR count). The lowest BCUT2D eigenvalue weighted by Crippen LogP contribution is -2.33. The molecule has 0 atom stereocenters. The number of fused-ring (bicyclic) bond motifs is 1. The van der Waals surface area contributed by atoms with E-state index >= 15 is 0 Å². The van der Waals surface area contributed by atoms with Gasteiger partial charge in [0.1, 0.15) is 0 Å². The number of amides is 1. The van der Waals surface area contributed by atoms with Gasteiger partial charge in [-0.25, -0.2) is 5.84 Å². The van der Waals surface area contributed by atoms with E-state index in [-0.39, 0.29) is 5.91 Å². The second kappa shape index (κ2) is 4.37. The van der Waals surface area contributed by atoms with Gasteiger partial charge in [0.25, 0.3) is 0 Å². The van der Waals surface area contributed by atoms with Crippen LogP contribution in [0.4, 0.5) is 0 Å². The Morgan fingerprint density at radius 2 is 2.19 bits per heavy atom. The molecule has 0 radical (unpaired) electrons. The summed E-state index contributed by atoms with van der Waals surface area (Å²) in [5, 5.41) is 2.31. The van der Waals surface area contributed by atoms with E-state index in [4.69, 9.17) is 5.84 Å². The number of hydrogen-bond donors (Lipinski definition) is 2. The summed E-state index contributed by atoms with van der Waals surface area (Å²) in [6.07, 6.45) is 3.10. The maximum Gasteiger partial charge on any atom is 0.236 e. The minimum Gasteiger partial charge on any atom is -0.361 e. The maximum absolute atomic E-state index is 11.4. The van der Waals surface area contributed by atoms with Gasteiger partial charge in [0.15, 0.2) is 0 Å². The van der Waals surface area contributed by atoms with Gasteiger partial charge in [0.05, 0.1) is 0 Å². The summed E-state index contributed by atoms with van der Waals surface area (Å²) in [5.41, 5.74) is 2.26. The minimum atomic E-state index is -0.0507. The predicted molar refractivity (Wildman–Crippen MR) is 63.6 cm³/mol. The summed E-state index contributed by atoms with van der Waals surface area (Å²) in [7, 11) is 1.57. The molecule has 84 valence electrons. The van der Waals surface area contributed by atoms with Crippen LogP contribution in [0.3, 0.4) is 0 Å². The molecule has 0 bridgehead atoms. The number of aromatic nitrogens is 1. The zero-order valence-electron chi connectivity index (χ0n) is 9.23. The summed E-state index contributed by atoms with van der Waals surface area (Å²) in [6.45, 7) is 0. The Kier molecular flexibility index (Phi) is 2.92. The number of aromatic amines is 1. The number of hydrogen-bond acceptors (Lipinski definition) is 2. The van der Waals surface area contributed by atoms with Crippen molar-refractivity contribution in [2.75, 3.05) is 7.05 Å². The lowest BCUT2D eigenvalue weighted by atomic mass is 10.1. The molecule has 0 saturated carbocycles. The SMILES string of the molecule is CN(N)C(=O)CCc1c[nH]c2ccccc12. The van der Waals surface area contributed by atoms with Crippen molar-refractivity contribution in [3.05, 3.63) is 36.0 Å². The van der Waals surface area contributed by atoms with Crippen molar-refractivity contribution < 1.29 is 4.79 Å². The molecule has 0 unspecified atom stereocenters. The van der Waals surface area contributed by atoms with Gasteiger partial charge in [0, 0.05) is 30.6 Å². The number of carbonyl (C=O) groups is 1. The molecular formula is C12H15N3O. The molecule has 1 amide bonds. The van der Waals surface area contributed by atoms with Crippen LogP contribution in [0, 0.1) is 0 Å². The highest BCUT2D eigenvalue weighted by atomic mass is 16.2. The average molecular weight is 217 g/mol. The number of benzene rings is 1. The minimum absolute atomic E-state index is 0.0507. The first-order valence-electron chi connectivity index (χ1n) is 5.24. The van der Waals surface area contributed by atoms with Crippen LogP contribution >= 0.6 is 0 Å². The Hall–Kier alpha value is -1.81. The quantitative estimate of drug-likeness (QED) is 0.464. The Morgan fingerprint density at radius 3 is 2.94 bits per heavy atom. The first kappa shape index (κ1) is 10.7. The van der Waals surface area contributed by atoms with Gasteiger partial charge < -0.3 is 4.98 Å². The molecule has 1 aromatic heterocycles. The van der Waals surface area contributed by atoms with Gasteiger partial charge >= 0.3 is 0 Å². The molecule has 16 heavy (non-hydrogen) atoms. The van der Waals surface area contributed by atoms with Crippen LogP contribution in [0.25, 0.3) is 10.9 Å². The Bertz CT molecular complexity index is 502. The Morgan fingerprint density at radius 1 is 1.44 bits per heavy atom. The number of carbonyl (C=O) groups excluding carboxylic acids is 1. The zero-order valence-corrected chi connectivity index (χ0v) is 9.23. The molecule has 3 N–H and O–H groups in total. The van der Waals surface area contributed by atoms with E-state index in [1.165, 1.54) is 5.39 Å². The Balaban J connectivity index is 2.13. The molecule has 0 aliphatic heterocycles. The second-order valence-electron chi connectivity index (χ2n) is 3.86. The van der Waals surface area contributed by atoms with Crippen molar-refractivity contribution in [3.8, 4) is 0 Å². The monoisotopic (exact) mass is 217 g/mol. The molecular weight excluding hydrogens is 202 g/mol. The molecule has 0 aliphatic rings. The molecule has 2 aromatic rings. The normalized spacial score (nSPS) is 10.6. The Labute approximate surface area is 94.0 Å². The fourth-order valence-electron chi connectivity index (χ4n) is 1.76. The van der Waals surface area contributed by atoms with E-state index in [2.05, 4.69) is 11.1 Å². The molecule has 1 heterocycles. The maximum atomic E-state index is 11.4. The van der Waals surface area contributed by atoms with E-state index in [1.807, 2.05) is 24.4 Å². The molecule has 4 nitrogen and oxygen atoms in total. The largest absolute Gasteiger partial charge is 0.361 e. The number of hydrazine groups is 1. The summed E-state index contributed by atoms with van der Waals surface area (Å²) in [5.74, 6) is 5.31. The van der Waals surface area contributed by atoms with Gasteiger partial charge in [-0.15, -0.1) is 0 Å². The second-order valence-corrected chi connectivity index (χ2v) is 3.86. The molecule has 0 saturated heterocycles. The van der Waals surface area contributed by atoms with Crippen LogP contribution in [-0.2, 0) is 11.2 Å². The number of nitrogens with zero attached hydrogens (tertiary/aromatic N) is 1. The first-order valence-corrected chi connectivity index (χ1v) is 5.24. The number of rotatable bonds is 3. The van der Waals surface area contributed by atoms with Gasteiger partial charge in [-0.2, -0.15) is 0 Å². The van der Waals surface area contributed by atoms with Crippen molar-refractivity contribution in [3.63, 3.8) is 0 Å². The van der Waals surface area contributed by atoms with E-state index in [9.17, 15) is 4.79 Å². The molecule has 0 fully saturated rings. The van der Waals surface area contributed by atoms with Crippen LogP contribution in [0.2, 0.25) is 0 Å². The standard InChI is InChI=1S/C12H15N3O/c1-15(13)12(16)7-6-9-8-14-11-5-3-2-4-10(9)11/h2-5,8,14H,6-7,13H2,1H3. The highest BCUT2D eigenvalue weighted by Crippen LogP contribution is 2.18. The van der Waals surface area contributed by atoms with E-state index in [1.54, 1.807) is 7.05 Å². The van der Waals surface area contributed by atoms with Gasteiger partial charge in [-0.05, 0) is 18.1 Å². The van der Waals surface area contributed by atoms with Crippen LogP contribution in [0.15, 0.2) is 30.5 Å². The van der Waals surface area contributed by atoms with Crippen molar-refractivity contribution in [2.24, 2.45) is 5.84 Å². The summed E-state index contributed by atoms with van der Waals surface area (Å²) in [4.78, 5) is 14.5. The third kappa shape index (κ3) is 2.06. The van der Waals surface area contributed by atoms with Crippen molar-refractivity contribution in [2.45, 2.75) is 12.8 Å². The van der Waals surface area contributed by atoms with Gasteiger partial charge in [0.2, 0.25) is 5.91 Å². The lowest BCUT2D eigenvalue weighted by molar-refractivity contribution is -0.130. The van der Waals surface area contributed by atoms with Gasteiger partial charge in [-0.1, -0.05) is 18.2 Å². The fraction of sp³-hybridized carbons (Fsp3) is 0.250. The smallest absolute Gasteiger partial charge is 0.236 e. The number of nitrogens with two attached hydrogens (primary N) is 1. The molecule has 0 aliphatic carbocycles. The van der Waals surface area contributed by atoms with Crippen molar-refractivity contribution in [1.29, 1.82) is 0 Å². The summed E-state index contributed by atoms with van der Waals surface area (Å²) in [6, 6.07) is 8.06. The highest BCUT2D eigenvalue weighted by molar-refractivity contribution is 5.84. The highest BCUT2D eigenvalue weighted by Gasteiger charge is 2.07. The number of nitrogens with one attached hydrogen (secondary N) is 1. The first-order chi connectivity index (χ1) is 7.68. The lowest BCUT2D eigenvalue weighted by Gasteiger charge is -2.08. The van der Waals surface area contributed by atoms with Crippen LogP contribution in [0.1, 0.15) is 12.0 Å². The van der Waals surface area contributed by atoms with Crippen LogP contribution in [-0.4, -0.2) is 22.9 Å². The van der Waals surface area contributed by atoms with Crippen molar-refractivity contribution in [1.82, 2.24) is 9.99 Å². The van der Waals surface area contributed by atoms with Gasteiger partial charge in [-0.3, -0.25) is 9.80 Å². The summed E-state index contributed by atoms with van der Waals surface area (Å²) >= 11 is 0. The third-order valence-corrected chi connectivity index (χ3v) is 2.68. The average Bonchev–Trinajstić information content (AvgIpc) is 2.69. The van der Waals surface area contributed by atoms with E-state index in [0.717, 1.165) is 16.1 Å². The van der Waals surface area contributed by atoms with E-state index < -0.39 is 0 Å². The van der Waals surface area contributed by atoms with E-state index in [0.29, 0.717) is 12.8 Å². The third-order valence-electron chi connectivity index (χ3n) is 2.68. The summed E-state index contributed by atoms with van der Waals surface area (Å²) < 4.78 is 0. The zero-order chi connectivity index (χ0) is 11.5. The number of H-pyrrole nitrogens is 1. The molecule has 1 aromatic carbocycles. The fourth-order valence-corrected chi connectivity index (χ4v) is 1.76. The molecule has 4 heteroatoms.